The van der Waals surface area contributed by atoms with Crippen molar-refractivity contribution in [2.45, 2.75) is 31.2 Å². The van der Waals surface area contributed by atoms with Gasteiger partial charge in [-0.1, -0.05) is 0 Å². The first-order valence-electron chi connectivity index (χ1n) is 6.06. The predicted molar refractivity (Wildman–Crippen MR) is 81.6 cm³/mol. The van der Waals surface area contributed by atoms with Crippen LogP contribution < -0.4 is 15.8 Å². The highest BCUT2D eigenvalue weighted by Gasteiger charge is 2.15. The van der Waals surface area contributed by atoms with Crippen molar-refractivity contribution in [2.24, 2.45) is 0 Å². The Labute approximate surface area is 127 Å². The fraction of sp³-hybridized carbons (Fsp3) is 0.417. The fourth-order valence-corrected chi connectivity index (χ4v) is 2.78. The van der Waals surface area contributed by atoms with Gasteiger partial charge in [-0.15, -0.1) is 0 Å². The van der Waals surface area contributed by atoms with Crippen LogP contribution in [0.5, 0.6) is 0 Å². The third-order valence-electron chi connectivity index (χ3n) is 2.37. The molecular weight excluding hydrogens is 346 g/mol. The molecular formula is C12H18BrN3O3S. The Bertz CT molecular complexity index is 588. The van der Waals surface area contributed by atoms with Crippen LogP contribution in [0.1, 0.15) is 20.3 Å². The third kappa shape index (κ3) is 5.10. The number of hydrogen-bond acceptors (Lipinski definition) is 4. The van der Waals surface area contributed by atoms with Crippen molar-refractivity contribution >= 4 is 37.5 Å². The van der Waals surface area contributed by atoms with Crippen LogP contribution in [-0.4, -0.2) is 26.9 Å². The molecule has 0 aliphatic carbocycles. The Morgan fingerprint density at radius 3 is 2.60 bits per heavy atom. The second-order valence-corrected chi connectivity index (χ2v) is 7.17. The molecule has 1 rings (SSSR count). The smallest absolute Gasteiger partial charge is 0.240 e. The van der Waals surface area contributed by atoms with E-state index in [2.05, 4.69) is 26.0 Å². The topological polar surface area (TPSA) is 101 Å². The number of benzene rings is 1. The lowest BCUT2D eigenvalue weighted by Crippen LogP contribution is -2.34. The van der Waals surface area contributed by atoms with E-state index in [0.717, 1.165) is 0 Å². The van der Waals surface area contributed by atoms with Crippen LogP contribution in [-0.2, 0) is 14.8 Å². The number of anilines is 1. The minimum atomic E-state index is -3.65. The van der Waals surface area contributed by atoms with E-state index in [4.69, 9.17) is 5.73 Å². The molecule has 0 fully saturated rings. The molecule has 4 N–H and O–H groups in total. The second-order valence-electron chi connectivity index (χ2n) is 4.55. The summed E-state index contributed by atoms with van der Waals surface area (Å²) in [6.45, 7) is 3.72. The highest BCUT2D eigenvalue weighted by atomic mass is 79.9. The lowest BCUT2D eigenvalue weighted by atomic mass is 10.3. The number of rotatable bonds is 6. The van der Waals surface area contributed by atoms with Gasteiger partial charge in [0.25, 0.3) is 0 Å². The number of sulfonamides is 1. The number of nitrogen functional groups attached to an aromatic ring is 1. The summed E-state index contributed by atoms with van der Waals surface area (Å²) in [4.78, 5) is 11.5. The van der Waals surface area contributed by atoms with Crippen molar-refractivity contribution in [2.75, 3.05) is 12.3 Å². The van der Waals surface area contributed by atoms with Crippen molar-refractivity contribution in [3.8, 4) is 0 Å². The Kier molecular flexibility index (Phi) is 5.97. The van der Waals surface area contributed by atoms with Gasteiger partial charge in [-0.2, -0.15) is 0 Å². The summed E-state index contributed by atoms with van der Waals surface area (Å²) < 4.78 is 27.0. The minimum absolute atomic E-state index is 0.0328. The zero-order chi connectivity index (χ0) is 15.3. The van der Waals surface area contributed by atoms with E-state index in [9.17, 15) is 13.2 Å². The molecule has 8 heteroatoms. The van der Waals surface area contributed by atoms with Gasteiger partial charge in [-0.05, 0) is 48.0 Å². The van der Waals surface area contributed by atoms with Crippen molar-refractivity contribution in [3.05, 3.63) is 22.7 Å². The highest BCUT2D eigenvalue weighted by molar-refractivity contribution is 9.10. The number of nitrogens with two attached hydrogens (primary N) is 1. The second kappa shape index (κ2) is 7.05. The number of carbonyl (C=O) groups excluding carboxylic acids is 1. The van der Waals surface area contributed by atoms with Crippen LogP contribution in [0.15, 0.2) is 27.6 Å². The molecule has 1 aromatic rings. The minimum Gasteiger partial charge on any atom is -0.398 e. The van der Waals surface area contributed by atoms with Gasteiger partial charge in [-0.25, -0.2) is 13.1 Å². The number of halogens is 1. The summed E-state index contributed by atoms with van der Waals surface area (Å²) in [7, 11) is -3.65. The molecule has 6 nitrogen and oxygen atoms in total. The van der Waals surface area contributed by atoms with Gasteiger partial charge < -0.3 is 11.1 Å². The Balaban J connectivity index is 2.62. The van der Waals surface area contributed by atoms with E-state index in [-0.39, 0.29) is 29.8 Å². The van der Waals surface area contributed by atoms with Crippen molar-refractivity contribution in [1.29, 1.82) is 0 Å². The summed E-state index contributed by atoms with van der Waals surface area (Å²) in [5.74, 6) is -0.196. The standard InChI is InChI=1S/C12H18BrN3O3S/c1-8(2)16-12(17)5-6-15-20(18,19)9-3-4-10(13)11(14)7-9/h3-4,7-8,15H,5-6,14H2,1-2H3,(H,16,17). The average Bonchev–Trinajstić information content (AvgIpc) is 2.31. The van der Waals surface area contributed by atoms with Crippen molar-refractivity contribution in [3.63, 3.8) is 0 Å². The zero-order valence-electron chi connectivity index (χ0n) is 11.3. The van der Waals surface area contributed by atoms with Crippen molar-refractivity contribution < 1.29 is 13.2 Å². The molecule has 0 heterocycles. The van der Waals surface area contributed by atoms with E-state index in [1.807, 2.05) is 13.8 Å². The number of amides is 1. The molecule has 112 valence electrons. The van der Waals surface area contributed by atoms with Gasteiger partial charge in [0.05, 0.1) is 4.90 Å². The van der Waals surface area contributed by atoms with Gasteiger partial charge in [0, 0.05) is 29.2 Å². The molecule has 0 atom stereocenters. The maximum Gasteiger partial charge on any atom is 0.240 e. The fourth-order valence-electron chi connectivity index (χ4n) is 1.47. The van der Waals surface area contributed by atoms with E-state index >= 15 is 0 Å². The summed E-state index contributed by atoms with van der Waals surface area (Å²) in [5.41, 5.74) is 5.98. The van der Waals surface area contributed by atoms with E-state index in [1.54, 1.807) is 6.07 Å². The highest BCUT2D eigenvalue weighted by Crippen LogP contribution is 2.22. The first-order chi connectivity index (χ1) is 9.22. The SMILES string of the molecule is CC(C)NC(=O)CCNS(=O)(=O)c1ccc(Br)c(N)c1. The molecule has 20 heavy (non-hydrogen) atoms. The molecule has 0 bridgehead atoms. The largest absolute Gasteiger partial charge is 0.398 e. The normalized spacial score (nSPS) is 11.6. The van der Waals surface area contributed by atoms with E-state index in [0.29, 0.717) is 10.2 Å². The maximum atomic E-state index is 12.0. The molecule has 0 saturated heterocycles. The van der Waals surface area contributed by atoms with Crippen molar-refractivity contribution in [1.82, 2.24) is 10.0 Å². The molecule has 0 unspecified atom stereocenters. The number of carbonyl (C=O) groups is 1. The third-order valence-corrected chi connectivity index (χ3v) is 4.55. The summed E-state index contributed by atoms with van der Waals surface area (Å²) in [5, 5.41) is 2.69. The average molecular weight is 364 g/mol. The quantitative estimate of drug-likeness (QED) is 0.661. The summed E-state index contributed by atoms with van der Waals surface area (Å²) in [6, 6.07) is 4.40. The van der Waals surface area contributed by atoms with Gasteiger partial charge >= 0.3 is 0 Å². The monoisotopic (exact) mass is 363 g/mol. The van der Waals surface area contributed by atoms with Gasteiger partial charge in [0.1, 0.15) is 0 Å². The molecule has 0 aromatic heterocycles. The van der Waals surface area contributed by atoms with Crippen LogP contribution in [0.4, 0.5) is 5.69 Å². The van der Waals surface area contributed by atoms with Crippen LogP contribution in [0, 0.1) is 0 Å². The Morgan fingerprint density at radius 2 is 2.05 bits per heavy atom. The Hall–Kier alpha value is -1.12. The number of nitrogens with one attached hydrogen (secondary N) is 2. The van der Waals surface area contributed by atoms with Gasteiger partial charge in [0.15, 0.2) is 0 Å². The maximum absolute atomic E-state index is 12.0. The van der Waals surface area contributed by atoms with Crippen LogP contribution in [0.3, 0.4) is 0 Å². The summed E-state index contributed by atoms with van der Waals surface area (Å²) >= 11 is 3.20. The molecule has 0 spiro atoms. The lowest BCUT2D eigenvalue weighted by Gasteiger charge is -2.10. The van der Waals surface area contributed by atoms with E-state index in [1.165, 1.54) is 12.1 Å². The molecule has 1 aromatic carbocycles. The molecule has 1 amide bonds. The van der Waals surface area contributed by atoms with Crippen LogP contribution in [0.2, 0.25) is 0 Å². The molecule has 0 aliphatic rings. The molecule has 0 radical (unpaired) electrons. The lowest BCUT2D eigenvalue weighted by molar-refractivity contribution is -0.121. The Morgan fingerprint density at radius 1 is 1.40 bits per heavy atom. The van der Waals surface area contributed by atoms with Gasteiger partial charge in [0.2, 0.25) is 15.9 Å². The zero-order valence-corrected chi connectivity index (χ0v) is 13.7. The van der Waals surface area contributed by atoms with Crippen LogP contribution >= 0.6 is 15.9 Å². The van der Waals surface area contributed by atoms with Crippen LogP contribution in [0.25, 0.3) is 0 Å². The predicted octanol–water partition coefficient (Wildman–Crippen LogP) is 1.22. The molecule has 0 saturated carbocycles. The van der Waals surface area contributed by atoms with E-state index < -0.39 is 10.0 Å². The first kappa shape index (κ1) is 16.9. The molecule has 0 aliphatic heterocycles. The van der Waals surface area contributed by atoms with Gasteiger partial charge in [-0.3, -0.25) is 4.79 Å². The first-order valence-corrected chi connectivity index (χ1v) is 8.34. The summed E-state index contributed by atoms with van der Waals surface area (Å²) in [6.07, 6.45) is 0.0867. The number of hydrogen-bond donors (Lipinski definition) is 3.